The molecule has 0 saturated carbocycles. The van der Waals surface area contributed by atoms with Crippen molar-refractivity contribution in [1.82, 2.24) is 0 Å². The molecule has 1 aromatic rings. The van der Waals surface area contributed by atoms with E-state index in [1.54, 1.807) is 0 Å². The Balaban J connectivity index is 2.17. The first kappa shape index (κ1) is 20.1. The lowest BCUT2D eigenvalue weighted by Crippen LogP contribution is -2.20. The molecular formula is C28H32. The van der Waals surface area contributed by atoms with E-state index >= 15 is 0 Å². The van der Waals surface area contributed by atoms with Crippen molar-refractivity contribution in [2.75, 3.05) is 0 Å². The van der Waals surface area contributed by atoms with E-state index in [-0.39, 0.29) is 5.92 Å². The minimum absolute atomic E-state index is 0.258. The van der Waals surface area contributed by atoms with Gasteiger partial charge in [0.05, 0.1) is 0 Å². The van der Waals surface area contributed by atoms with E-state index in [1.165, 1.54) is 22.3 Å². The Morgan fingerprint density at radius 1 is 1.07 bits per heavy atom. The third-order valence-corrected chi connectivity index (χ3v) is 5.61. The van der Waals surface area contributed by atoms with Gasteiger partial charge >= 0.3 is 0 Å². The fourth-order valence-corrected chi connectivity index (χ4v) is 4.25. The summed E-state index contributed by atoms with van der Waals surface area (Å²) in [5.74, 6) is 1.19. The molecule has 0 saturated heterocycles. The van der Waals surface area contributed by atoms with E-state index in [0.29, 0.717) is 11.8 Å². The highest BCUT2D eigenvalue weighted by atomic mass is 14.3. The zero-order valence-corrected chi connectivity index (χ0v) is 17.2. The summed E-state index contributed by atoms with van der Waals surface area (Å²) in [6.07, 6.45) is 26.1. The molecule has 0 radical (unpaired) electrons. The van der Waals surface area contributed by atoms with Crippen molar-refractivity contribution in [3.05, 3.63) is 120 Å². The molecule has 0 fully saturated rings. The molecule has 0 heteroatoms. The topological polar surface area (TPSA) is 0 Å². The number of benzene rings is 1. The number of hydrogen-bond acceptors (Lipinski definition) is 0. The van der Waals surface area contributed by atoms with Crippen LogP contribution in [0.2, 0.25) is 0 Å². The molecule has 0 amide bonds. The normalized spacial score (nSPS) is 21.9. The molecule has 0 nitrogen and oxygen atoms in total. The minimum Gasteiger partial charge on any atom is -0.0991 e. The first-order valence-electron chi connectivity index (χ1n) is 10.5. The third kappa shape index (κ3) is 4.81. The van der Waals surface area contributed by atoms with E-state index in [4.69, 9.17) is 0 Å². The molecule has 0 aliphatic heterocycles. The zero-order chi connectivity index (χ0) is 19.8. The van der Waals surface area contributed by atoms with E-state index in [1.807, 2.05) is 6.08 Å². The number of rotatable bonds is 7. The molecule has 0 bridgehead atoms. The Morgan fingerprint density at radius 3 is 2.46 bits per heavy atom. The van der Waals surface area contributed by atoms with Gasteiger partial charge in [0.25, 0.3) is 0 Å². The van der Waals surface area contributed by atoms with E-state index in [0.717, 1.165) is 19.3 Å². The summed E-state index contributed by atoms with van der Waals surface area (Å²) >= 11 is 0. The first-order chi connectivity index (χ1) is 13.7. The van der Waals surface area contributed by atoms with Crippen LogP contribution in [0.4, 0.5) is 0 Å². The van der Waals surface area contributed by atoms with Crippen LogP contribution in [-0.2, 0) is 0 Å². The zero-order valence-electron chi connectivity index (χ0n) is 17.2. The van der Waals surface area contributed by atoms with Crippen LogP contribution in [0.3, 0.4) is 0 Å². The van der Waals surface area contributed by atoms with Crippen LogP contribution in [0, 0.1) is 11.8 Å². The summed E-state index contributed by atoms with van der Waals surface area (Å²) in [7, 11) is 0. The highest BCUT2D eigenvalue weighted by Crippen LogP contribution is 2.44. The summed E-state index contributed by atoms with van der Waals surface area (Å²) < 4.78 is 0. The SMILES string of the molecule is C=C/C=C(\C=C/C)C(c1ccccc1)C(C1=CCCC=C1)C1=CCC(C)C=C1. The van der Waals surface area contributed by atoms with Crippen LogP contribution in [0.1, 0.15) is 44.6 Å². The van der Waals surface area contributed by atoms with Crippen LogP contribution >= 0.6 is 0 Å². The fraction of sp³-hybridized carbons (Fsp3) is 0.286. The van der Waals surface area contributed by atoms with Gasteiger partial charge in [-0.2, -0.15) is 0 Å². The summed E-state index contributed by atoms with van der Waals surface area (Å²) in [6.45, 7) is 8.37. The highest BCUT2D eigenvalue weighted by molar-refractivity contribution is 5.48. The fourth-order valence-electron chi connectivity index (χ4n) is 4.25. The van der Waals surface area contributed by atoms with Gasteiger partial charge in [-0.15, -0.1) is 0 Å². The summed E-state index contributed by atoms with van der Waals surface area (Å²) in [5.41, 5.74) is 5.53. The van der Waals surface area contributed by atoms with Gasteiger partial charge < -0.3 is 0 Å². The predicted molar refractivity (Wildman–Crippen MR) is 123 cm³/mol. The maximum absolute atomic E-state index is 3.99. The summed E-state index contributed by atoms with van der Waals surface area (Å²) in [5, 5.41) is 0. The van der Waals surface area contributed by atoms with Crippen molar-refractivity contribution in [1.29, 1.82) is 0 Å². The van der Waals surface area contributed by atoms with Crippen molar-refractivity contribution in [2.45, 2.75) is 39.0 Å². The molecule has 3 atom stereocenters. The predicted octanol–water partition coefficient (Wildman–Crippen LogP) is 7.87. The van der Waals surface area contributed by atoms with Crippen LogP contribution in [-0.4, -0.2) is 0 Å². The molecule has 0 aromatic heterocycles. The van der Waals surface area contributed by atoms with Gasteiger partial charge in [0.2, 0.25) is 0 Å². The molecule has 28 heavy (non-hydrogen) atoms. The third-order valence-electron chi connectivity index (χ3n) is 5.61. The van der Waals surface area contributed by atoms with Crippen LogP contribution in [0.5, 0.6) is 0 Å². The Kier molecular flexibility index (Phi) is 7.25. The maximum atomic E-state index is 3.99. The second-order valence-electron chi connectivity index (χ2n) is 7.73. The molecule has 0 heterocycles. The Morgan fingerprint density at radius 2 is 1.86 bits per heavy atom. The van der Waals surface area contributed by atoms with Gasteiger partial charge in [-0.1, -0.05) is 105 Å². The standard InChI is InChI=1S/C28H32/c1-4-12-23(13-5-2)27(24-14-8-6-9-15-24)28(25-16-10-7-11-17-25)26-20-18-22(3)19-21-26/h4-6,8-10,12-18,20-22,27-28H,1,7,11,19H2,2-3H3/b13-5-,23-12+. The van der Waals surface area contributed by atoms with Crippen molar-refractivity contribution in [2.24, 2.45) is 11.8 Å². The number of hydrogen-bond donors (Lipinski definition) is 0. The first-order valence-corrected chi connectivity index (χ1v) is 10.5. The number of allylic oxidation sites excluding steroid dienone is 13. The minimum atomic E-state index is 0.258. The lowest BCUT2D eigenvalue weighted by molar-refractivity contribution is 0.615. The lowest BCUT2D eigenvalue weighted by atomic mass is 9.70. The average molecular weight is 369 g/mol. The molecule has 1 aromatic carbocycles. The van der Waals surface area contributed by atoms with Gasteiger partial charge in [-0.05, 0) is 54.4 Å². The van der Waals surface area contributed by atoms with Crippen molar-refractivity contribution >= 4 is 0 Å². The Labute approximate surface area is 171 Å². The van der Waals surface area contributed by atoms with Gasteiger partial charge in [0.1, 0.15) is 0 Å². The lowest BCUT2D eigenvalue weighted by Gasteiger charge is -2.33. The Bertz CT molecular complexity index is 839. The van der Waals surface area contributed by atoms with Crippen molar-refractivity contribution in [3.8, 4) is 0 Å². The molecule has 3 unspecified atom stereocenters. The van der Waals surface area contributed by atoms with Crippen molar-refractivity contribution < 1.29 is 0 Å². The maximum Gasteiger partial charge on any atom is 0.0198 e. The van der Waals surface area contributed by atoms with Crippen molar-refractivity contribution in [3.63, 3.8) is 0 Å². The quantitative estimate of drug-likeness (QED) is 0.429. The Hall–Kier alpha value is -2.60. The summed E-state index contributed by atoms with van der Waals surface area (Å²) in [6, 6.07) is 10.9. The summed E-state index contributed by atoms with van der Waals surface area (Å²) in [4.78, 5) is 0. The molecule has 144 valence electrons. The van der Waals surface area contributed by atoms with E-state index in [9.17, 15) is 0 Å². The van der Waals surface area contributed by atoms with Crippen LogP contribution in [0.15, 0.2) is 114 Å². The van der Waals surface area contributed by atoms with E-state index < -0.39 is 0 Å². The molecule has 2 aliphatic carbocycles. The molecular weight excluding hydrogens is 336 g/mol. The van der Waals surface area contributed by atoms with Crippen LogP contribution < -0.4 is 0 Å². The van der Waals surface area contributed by atoms with Gasteiger partial charge in [-0.3, -0.25) is 0 Å². The molecule has 2 aliphatic rings. The van der Waals surface area contributed by atoms with E-state index in [2.05, 4.69) is 105 Å². The van der Waals surface area contributed by atoms with Gasteiger partial charge in [0.15, 0.2) is 0 Å². The second-order valence-corrected chi connectivity index (χ2v) is 7.73. The smallest absolute Gasteiger partial charge is 0.0198 e. The largest absolute Gasteiger partial charge is 0.0991 e. The molecule has 0 spiro atoms. The van der Waals surface area contributed by atoms with Crippen LogP contribution in [0.25, 0.3) is 0 Å². The molecule has 3 rings (SSSR count). The average Bonchev–Trinajstić information content (AvgIpc) is 2.74. The monoisotopic (exact) mass is 368 g/mol. The second kappa shape index (κ2) is 10.1. The molecule has 0 N–H and O–H groups in total. The highest BCUT2D eigenvalue weighted by Gasteiger charge is 2.30. The van der Waals surface area contributed by atoms with Gasteiger partial charge in [0, 0.05) is 11.8 Å². The van der Waals surface area contributed by atoms with Gasteiger partial charge in [-0.25, -0.2) is 0 Å².